The molecule has 0 unspecified atom stereocenters. The van der Waals surface area contributed by atoms with Gasteiger partial charge in [-0.3, -0.25) is 9.69 Å². The van der Waals surface area contributed by atoms with Crippen LogP contribution >= 0.6 is 12.4 Å². The number of Topliss-reactive ketones (excluding diaryl/α,β-unsaturated/α-hetero) is 1. The smallest absolute Gasteiger partial charge is 0.182 e. The Balaban J connectivity index is 0.00000361. The van der Waals surface area contributed by atoms with Gasteiger partial charge in [0.1, 0.15) is 0 Å². The number of likely N-dealkylation sites (N-methyl/N-ethyl adjacent to an activating group) is 1. The number of benzene rings is 1. The molecule has 0 aliphatic heterocycles. The molecule has 4 nitrogen and oxygen atoms in total. The minimum absolute atomic E-state index is 0. The average molecular weight is 302 g/mol. The van der Waals surface area contributed by atoms with Gasteiger partial charge in [0.05, 0.1) is 19.8 Å². The summed E-state index contributed by atoms with van der Waals surface area (Å²) >= 11 is 0. The molecule has 5 heteroatoms. The Morgan fingerprint density at radius 1 is 1.20 bits per heavy atom. The van der Waals surface area contributed by atoms with E-state index in [-0.39, 0.29) is 18.2 Å². The third kappa shape index (κ3) is 3.64. The van der Waals surface area contributed by atoms with Gasteiger partial charge in [0, 0.05) is 5.56 Å². The first-order chi connectivity index (χ1) is 8.88. The van der Waals surface area contributed by atoms with Crippen LogP contribution in [0, 0.1) is 0 Å². The van der Waals surface area contributed by atoms with Crippen LogP contribution in [0.2, 0.25) is 0 Å². The van der Waals surface area contributed by atoms with Gasteiger partial charge >= 0.3 is 0 Å². The molecule has 1 rings (SSSR count). The van der Waals surface area contributed by atoms with Crippen LogP contribution in [0.4, 0.5) is 0 Å². The van der Waals surface area contributed by atoms with E-state index in [1.807, 2.05) is 32.7 Å². The molecule has 0 N–H and O–H groups in total. The van der Waals surface area contributed by atoms with Crippen molar-refractivity contribution in [3.63, 3.8) is 0 Å². The number of hydrogen-bond acceptors (Lipinski definition) is 4. The summed E-state index contributed by atoms with van der Waals surface area (Å²) < 4.78 is 10.4. The maximum Gasteiger partial charge on any atom is 0.182 e. The Labute approximate surface area is 127 Å². The van der Waals surface area contributed by atoms with Gasteiger partial charge in [-0.15, -0.1) is 12.4 Å². The number of ether oxygens (including phenoxy) is 2. The zero-order chi connectivity index (χ0) is 14.6. The molecule has 0 bridgehead atoms. The fourth-order valence-corrected chi connectivity index (χ4v) is 1.90. The number of halogens is 1. The second-order valence-corrected chi connectivity index (χ2v) is 4.97. The van der Waals surface area contributed by atoms with E-state index >= 15 is 0 Å². The molecular weight excluding hydrogens is 278 g/mol. The number of methoxy groups -OCH3 is 2. The van der Waals surface area contributed by atoms with Crippen molar-refractivity contribution in [3.8, 4) is 11.5 Å². The van der Waals surface area contributed by atoms with E-state index in [2.05, 4.69) is 0 Å². The van der Waals surface area contributed by atoms with E-state index in [0.29, 0.717) is 17.1 Å². The van der Waals surface area contributed by atoms with E-state index in [1.165, 1.54) is 0 Å². The van der Waals surface area contributed by atoms with Crippen LogP contribution in [0.1, 0.15) is 31.1 Å². The first-order valence-electron chi connectivity index (χ1n) is 6.36. The number of carbonyl (C=O) groups is 1. The van der Waals surface area contributed by atoms with Gasteiger partial charge in [0.15, 0.2) is 17.3 Å². The van der Waals surface area contributed by atoms with Crippen LogP contribution in [0.3, 0.4) is 0 Å². The molecule has 0 aliphatic rings. The summed E-state index contributed by atoms with van der Waals surface area (Å²) in [7, 11) is 5.09. The SMILES string of the molecule is CCN(C)C(C)(C)C(=O)c1ccc(OC)c(OC)c1.Cl. The molecule has 1 aromatic rings. The first-order valence-corrected chi connectivity index (χ1v) is 6.36. The number of hydrogen-bond donors (Lipinski definition) is 0. The Morgan fingerprint density at radius 2 is 1.75 bits per heavy atom. The first kappa shape index (κ1) is 18.7. The van der Waals surface area contributed by atoms with Gasteiger partial charge < -0.3 is 9.47 Å². The lowest BCUT2D eigenvalue weighted by Gasteiger charge is -2.33. The minimum Gasteiger partial charge on any atom is -0.493 e. The second-order valence-electron chi connectivity index (χ2n) is 4.97. The van der Waals surface area contributed by atoms with Crippen LogP contribution in [0.5, 0.6) is 11.5 Å². The zero-order valence-corrected chi connectivity index (χ0v) is 13.8. The van der Waals surface area contributed by atoms with Gasteiger partial charge in [-0.1, -0.05) is 6.92 Å². The molecule has 0 saturated heterocycles. The van der Waals surface area contributed by atoms with Gasteiger partial charge in [0.25, 0.3) is 0 Å². The molecule has 0 atom stereocenters. The molecule has 0 amide bonds. The highest BCUT2D eigenvalue weighted by molar-refractivity contribution is 6.03. The van der Waals surface area contributed by atoms with E-state index in [4.69, 9.17) is 9.47 Å². The van der Waals surface area contributed by atoms with Crippen molar-refractivity contribution >= 4 is 18.2 Å². The molecule has 0 aromatic heterocycles. The van der Waals surface area contributed by atoms with Crippen LogP contribution in [0.15, 0.2) is 18.2 Å². The van der Waals surface area contributed by atoms with Gasteiger partial charge in [0.2, 0.25) is 0 Å². The third-order valence-electron chi connectivity index (χ3n) is 3.63. The largest absolute Gasteiger partial charge is 0.493 e. The van der Waals surface area contributed by atoms with Crippen molar-refractivity contribution in [2.24, 2.45) is 0 Å². The Hall–Kier alpha value is -1.26. The van der Waals surface area contributed by atoms with E-state index < -0.39 is 5.54 Å². The fourth-order valence-electron chi connectivity index (χ4n) is 1.90. The lowest BCUT2D eigenvalue weighted by molar-refractivity contribution is 0.0718. The molecular formula is C15H24ClNO3. The molecule has 0 radical (unpaired) electrons. The average Bonchev–Trinajstić information content (AvgIpc) is 2.44. The van der Waals surface area contributed by atoms with Crippen LogP contribution < -0.4 is 9.47 Å². The van der Waals surface area contributed by atoms with Crippen molar-refractivity contribution < 1.29 is 14.3 Å². The summed E-state index contributed by atoms with van der Waals surface area (Å²) in [5.74, 6) is 1.27. The van der Waals surface area contributed by atoms with Crippen molar-refractivity contribution in [2.45, 2.75) is 26.3 Å². The second kappa shape index (κ2) is 7.50. The summed E-state index contributed by atoms with van der Waals surface area (Å²) in [6, 6.07) is 5.26. The summed E-state index contributed by atoms with van der Waals surface area (Å²) in [6.07, 6.45) is 0. The normalized spacial score (nSPS) is 10.9. The van der Waals surface area contributed by atoms with E-state index in [1.54, 1.807) is 32.4 Å². The predicted octanol–water partition coefficient (Wildman–Crippen LogP) is 3.04. The van der Waals surface area contributed by atoms with Crippen molar-refractivity contribution in [2.75, 3.05) is 27.8 Å². The topological polar surface area (TPSA) is 38.8 Å². The number of ketones is 1. The molecule has 20 heavy (non-hydrogen) atoms. The van der Waals surface area contributed by atoms with Crippen molar-refractivity contribution in [1.29, 1.82) is 0 Å². The Morgan fingerprint density at radius 3 is 2.20 bits per heavy atom. The lowest BCUT2D eigenvalue weighted by Crippen LogP contribution is -2.47. The predicted molar refractivity (Wildman–Crippen MR) is 83.5 cm³/mol. The Kier molecular flexibility index (Phi) is 7.03. The molecule has 0 spiro atoms. The minimum atomic E-state index is -0.547. The van der Waals surface area contributed by atoms with E-state index in [9.17, 15) is 4.79 Å². The molecule has 0 saturated carbocycles. The van der Waals surface area contributed by atoms with Crippen LogP contribution in [-0.2, 0) is 0 Å². The van der Waals surface area contributed by atoms with Crippen molar-refractivity contribution in [1.82, 2.24) is 4.90 Å². The molecule has 1 aromatic carbocycles. The summed E-state index contributed by atoms with van der Waals surface area (Å²) in [6.45, 7) is 6.70. The number of nitrogens with zero attached hydrogens (tertiary/aromatic N) is 1. The van der Waals surface area contributed by atoms with Gasteiger partial charge in [-0.25, -0.2) is 0 Å². The van der Waals surface area contributed by atoms with Gasteiger partial charge in [-0.2, -0.15) is 0 Å². The van der Waals surface area contributed by atoms with Crippen molar-refractivity contribution in [3.05, 3.63) is 23.8 Å². The summed E-state index contributed by atoms with van der Waals surface area (Å²) in [5, 5.41) is 0. The zero-order valence-electron chi connectivity index (χ0n) is 13.0. The monoisotopic (exact) mass is 301 g/mol. The summed E-state index contributed by atoms with van der Waals surface area (Å²) in [5.41, 5.74) is 0.0805. The maximum atomic E-state index is 12.6. The van der Waals surface area contributed by atoms with Crippen LogP contribution in [-0.4, -0.2) is 44.0 Å². The molecule has 114 valence electrons. The standard InChI is InChI=1S/C15H23NO3.ClH/c1-7-16(4)15(2,3)14(17)11-8-9-12(18-5)13(10-11)19-6;/h8-10H,7H2,1-6H3;1H. The third-order valence-corrected chi connectivity index (χ3v) is 3.63. The summed E-state index contributed by atoms with van der Waals surface area (Å²) in [4.78, 5) is 14.6. The number of carbonyl (C=O) groups excluding carboxylic acids is 1. The highest BCUT2D eigenvalue weighted by Gasteiger charge is 2.32. The highest BCUT2D eigenvalue weighted by Crippen LogP contribution is 2.29. The van der Waals surface area contributed by atoms with Crippen LogP contribution in [0.25, 0.3) is 0 Å². The highest BCUT2D eigenvalue weighted by atomic mass is 35.5. The lowest BCUT2D eigenvalue weighted by atomic mass is 9.91. The number of rotatable bonds is 6. The van der Waals surface area contributed by atoms with E-state index in [0.717, 1.165) is 6.54 Å². The fraction of sp³-hybridized carbons (Fsp3) is 0.533. The maximum absolute atomic E-state index is 12.6. The molecule has 0 aliphatic carbocycles. The van der Waals surface area contributed by atoms with Gasteiger partial charge in [-0.05, 0) is 45.6 Å². The molecule has 0 fully saturated rings. The Bertz CT molecular complexity index is 460. The quantitative estimate of drug-likeness (QED) is 0.757. The molecule has 0 heterocycles.